The van der Waals surface area contributed by atoms with Crippen LogP contribution in [0.3, 0.4) is 0 Å². The first-order valence-corrected chi connectivity index (χ1v) is 8.38. The van der Waals surface area contributed by atoms with E-state index in [4.69, 9.17) is 4.74 Å². The van der Waals surface area contributed by atoms with Crippen molar-refractivity contribution < 1.29 is 14.6 Å². The van der Waals surface area contributed by atoms with Crippen LogP contribution in [0.25, 0.3) is 0 Å². The van der Waals surface area contributed by atoms with E-state index in [0.29, 0.717) is 12.1 Å². The van der Waals surface area contributed by atoms with E-state index < -0.39 is 6.10 Å². The van der Waals surface area contributed by atoms with Gasteiger partial charge in [0.2, 0.25) is 5.91 Å². The molecule has 1 aliphatic heterocycles. The van der Waals surface area contributed by atoms with Crippen molar-refractivity contribution in [3.63, 3.8) is 0 Å². The summed E-state index contributed by atoms with van der Waals surface area (Å²) in [7, 11) is 0. The Labute approximate surface area is 128 Å². The Bertz CT molecular complexity index is 323. The Morgan fingerprint density at radius 3 is 2.52 bits per heavy atom. The summed E-state index contributed by atoms with van der Waals surface area (Å²) in [5, 5.41) is 13.0. The molecule has 1 saturated carbocycles. The molecule has 122 valence electrons. The molecule has 1 aliphatic carbocycles. The van der Waals surface area contributed by atoms with Crippen molar-refractivity contribution in [2.45, 2.75) is 64.2 Å². The van der Waals surface area contributed by atoms with Crippen LogP contribution < -0.4 is 5.32 Å². The summed E-state index contributed by atoms with van der Waals surface area (Å²) >= 11 is 0. The van der Waals surface area contributed by atoms with Crippen LogP contribution in [0, 0.1) is 5.92 Å². The van der Waals surface area contributed by atoms with Gasteiger partial charge in [0.1, 0.15) is 6.10 Å². The molecule has 0 spiro atoms. The lowest BCUT2D eigenvalue weighted by atomic mass is 9.90. The second kappa shape index (κ2) is 8.11. The SMILES string of the molecule is CC(C)OCCCN1CCC([C@H](O)C(=O)NC2CC2)CC1. The summed E-state index contributed by atoms with van der Waals surface area (Å²) in [5.74, 6) is -0.0480. The van der Waals surface area contributed by atoms with Crippen LogP contribution >= 0.6 is 0 Å². The van der Waals surface area contributed by atoms with Crippen molar-refractivity contribution in [1.29, 1.82) is 0 Å². The third-order valence-corrected chi connectivity index (χ3v) is 4.34. The monoisotopic (exact) mass is 298 g/mol. The molecule has 5 heteroatoms. The van der Waals surface area contributed by atoms with Gasteiger partial charge in [-0.25, -0.2) is 0 Å². The number of carbonyl (C=O) groups is 1. The molecule has 0 aromatic heterocycles. The van der Waals surface area contributed by atoms with Crippen LogP contribution in [0.4, 0.5) is 0 Å². The van der Waals surface area contributed by atoms with Gasteiger partial charge < -0.3 is 20.1 Å². The molecule has 21 heavy (non-hydrogen) atoms. The lowest BCUT2D eigenvalue weighted by Crippen LogP contribution is -2.45. The van der Waals surface area contributed by atoms with Crippen molar-refractivity contribution in [3.05, 3.63) is 0 Å². The summed E-state index contributed by atoms with van der Waals surface area (Å²) in [6.45, 7) is 7.91. The number of aliphatic hydroxyl groups excluding tert-OH is 1. The maximum atomic E-state index is 11.9. The normalized spacial score (nSPS) is 22.5. The molecule has 0 bridgehead atoms. The molecule has 1 heterocycles. The Hall–Kier alpha value is -0.650. The molecular formula is C16H30N2O3. The highest BCUT2D eigenvalue weighted by Gasteiger charge is 2.32. The second-order valence-corrected chi connectivity index (χ2v) is 6.68. The smallest absolute Gasteiger partial charge is 0.249 e. The van der Waals surface area contributed by atoms with Crippen LogP contribution in [0.2, 0.25) is 0 Å². The van der Waals surface area contributed by atoms with Gasteiger partial charge in [-0.05, 0) is 65.0 Å². The highest BCUT2D eigenvalue weighted by molar-refractivity contribution is 5.81. The molecule has 1 saturated heterocycles. The number of ether oxygens (including phenoxy) is 1. The molecule has 2 rings (SSSR count). The zero-order valence-electron chi connectivity index (χ0n) is 13.4. The molecule has 1 amide bonds. The minimum atomic E-state index is -0.822. The van der Waals surface area contributed by atoms with Gasteiger partial charge in [0.15, 0.2) is 0 Å². The predicted molar refractivity (Wildman–Crippen MR) is 82.0 cm³/mol. The van der Waals surface area contributed by atoms with E-state index >= 15 is 0 Å². The molecule has 5 nitrogen and oxygen atoms in total. The van der Waals surface area contributed by atoms with E-state index in [2.05, 4.69) is 24.1 Å². The topological polar surface area (TPSA) is 61.8 Å². The Morgan fingerprint density at radius 2 is 1.95 bits per heavy atom. The summed E-state index contributed by atoms with van der Waals surface area (Å²) in [4.78, 5) is 14.3. The fourth-order valence-corrected chi connectivity index (χ4v) is 2.83. The van der Waals surface area contributed by atoms with Gasteiger partial charge >= 0.3 is 0 Å². The van der Waals surface area contributed by atoms with Gasteiger partial charge in [-0.1, -0.05) is 0 Å². The fraction of sp³-hybridized carbons (Fsp3) is 0.938. The fourth-order valence-electron chi connectivity index (χ4n) is 2.83. The lowest BCUT2D eigenvalue weighted by molar-refractivity contribution is -0.133. The second-order valence-electron chi connectivity index (χ2n) is 6.68. The molecule has 2 fully saturated rings. The quantitative estimate of drug-likeness (QED) is 0.660. The first-order valence-electron chi connectivity index (χ1n) is 8.38. The first kappa shape index (κ1) is 16.7. The first-order chi connectivity index (χ1) is 10.1. The molecule has 0 aromatic carbocycles. The van der Waals surface area contributed by atoms with E-state index in [9.17, 15) is 9.90 Å². The molecule has 2 aliphatic rings. The van der Waals surface area contributed by atoms with Gasteiger partial charge in [0.25, 0.3) is 0 Å². The van der Waals surface area contributed by atoms with Crippen molar-refractivity contribution in [1.82, 2.24) is 10.2 Å². The maximum Gasteiger partial charge on any atom is 0.249 e. The summed E-state index contributed by atoms with van der Waals surface area (Å²) in [6, 6.07) is 0.327. The minimum absolute atomic E-state index is 0.118. The van der Waals surface area contributed by atoms with Gasteiger partial charge in [0, 0.05) is 19.2 Å². The van der Waals surface area contributed by atoms with Crippen LogP contribution in [0.5, 0.6) is 0 Å². The van der Waals surface area contributed by atoms with Crippen molar-refractivity contribution in [2.24, 2.45) is 5.92 Å². The highest BCUT2D eigenvalue weighted by atomic mass is 16.5. The summed E-state index contributed by atoms with van der Waals surface area (Å²) < 4.78 is 5.55. The van der Waals surface area contributed by atoms with Gasteiger partial charge in [-0.3, -0.25) is 4.79 Å². The molecular weight excluding hydrogens is 268 g/mol. The third-order valence-electron chi connectivity index (χ3n) is 4.34. The lowest BCUT2D eigenvalue weighted by Gasteiger charge is -2.33. The molecule has 0 unspecified atom stereocenters. The summed E-state index contributed by atoms with van der Waals surface area (Å²) in [5.41, 5.74) is 0. The van der Waals surface area contributed by atoms with E-state index in [-0.39, 0.29) is 11.8 Å². The third kappa shape index (κ3) is 5.93. The minimum Gasteiger partial charge on any atom is -0.383 e. The van der Waals surface area contributed by atoms with E-state index in [0.717, 1.165) is 58.3 Å². The predicted octanol–water partition coefficient (Wildman–Crippen LogP) is 1.15. The number of aliphatic hydroxyl groups is 1. The van der Waals surface area contributed by atoms with Crippen molar-refractivity contribution >= 4 is 5.91 Å². The number of rotatable bonds is 8. The number of amides is 1. The molecule has 0 aromatic rings. The van der Waals surface area contributed by atoms with Crippen molar-refractivity contribution in [3.8, 4) is 0 Å². The molecule has 2 N–H and O–H groups in total. The number of hydrogen-bond acceptors (Lipinski definition) is 4. The van der Waals surface area contributed by atoms with Gasteiger partial charge in [-0.15, -0.1) is 0 Å². The van der Waals surface area contributed by atoms with E-state index in [1.54, 1.807) is 0 Å². The number of hydrogen-bond donors (Lipinski definition) is 2. The van der Waals surface area contributed by atoms with Gasteiger partial charge in [0.05, 0.1) is 6.10 Å². The maximum absolute atomic E-state index is 11.9. The highest BCUT2D eigenvalue weighted by Crippen LogP contribution is 2.23. The number of likely N-dealkylation sites (tertiary alicyclic amines) is 1. The number of nitrogens with one attached hydrogen (secondary N) is 1. The molecule has 1 atom stereocenters. The number of piperidine rings is 1. The standard InChI is InChI=1S/C16H30N2O3/c1-12(2)21-11-3-8-18-9-6-13(7-10-18)15(19)16(20)17-14-4-5-14/h12-15,19H,3-11H2,1-2H3,(H,17,20)/t15-/m0/s1. The zero-order chi connectivity index (χ0) is 15.2. The average molecular weight is 298 g/mol. The number of nitrogens with zero attached hydrogens (tertiary/aromatic N) is 1. The summed E-state index contributed by atoms with van der Waals surface area (Å²) in [6.07, 6.45) is 4.47. The molecule has 0 radical (unpaired) electrons. The van der Waals surface area contributed by atoms with Gasteiger partial charge in [-0.2, -0.15) is 0 Å². The van der Waals surface area contributed by atoms with E-state index in [1.807, 2.05) is 0 Å². The average Bonchev–Trinajstić information content (AvgIpc) is 3.27. The Morgan fingerprint density at radius 1 is 1.29 bits per heavy atom. The Kier molecular flexibility index (Phi) is 6.45. The van der Waals surface area contributed by atoms with Crippen molar-refractivity contribution in [2.75, 3.05) is 26.2 Å². The number of carbonyl (C=O) groups excluding carboxylic acids is 1. The van der Waals surface area contributed by atoms with Crippen LogP contribution in [0.15, 0.2) is 0 Å². The Balaban J connectivity index is 1.59. The van der Waals surface area contributed by atoms with Crippen LogP contribution in [0.1, 0.15) is 46.0 Å². The van der Waals surface area contributed by atoms with E-state index in [1.165, 1.54) is 0 Å². The largest absolute Gasteiger partial charge is 0.383 e. The van der Waals surface area contributed by atoms with Crippen LogP contribution in [-0.2, 0) is 9.53 Å². The zero-order valence-corrected chi connectivity index (χ0v) is 13.4. The van der Waals surface area contributed by atoms with Crippen LogP contribution in [-0.4, -0.2) is 60.4 Å².